The van der Waals surface area contributed by atoms with Crippen molar-refractivity contribution in [1.29, 1.82) is 0 Å². The van der Waals surface area contributed by atoms with Gasteiger partial charge in [0.25, 0.3) is 0 Å². The van der Waals surface area contributed by atoms with Crippen molar-refractivity contribution in [3.8, 4) is 0 Å². The highest BCUT2D eigenvalue weighted by Crippen LogP contribution is 2.15. The zero-order chi connectivity index (χ0) is 18.1. The number of benzene rings is 1. The van der Waals surface area contributed by atoms with Crippen LogP contribution in [0.15, 0.2) is 29.3 Å². The van der Waals surface area contributed by atoms with Crippen LogP contribution in [-0.2, 0) is 6.54 Å². The quantitative estimate of drug-likeness (QED) is 0.277. The Bertz CT molecular complexity index is 539. The molecule has 1 heterocycles. The maximum Gasteiger partial charge on any atom is 0.191 e. The van der Waals surface area contributed by atoms with E-state index >= 15 is 0 Å². The van der Waals surface area contributed by atoms with Gasteiger partial charge in [-0.25, -0.2) is 0 Å². The number of nitrogens with one attached hydrogen (secondary N) is 2. The lowest BCUT2D eigenvalue weighted by Gasteiger charge is -2.30. The number of hydrogen-bond donors (Lipinski definition) is 2. The molecule has 2 rings (SSSR count). The first kappa shape index (κ1) is 23.0. The van der Waals surface area contributed by atoms with Gasteiger partial charge in [0.1, 0.15) is 0 Å². The Morgan fingerprint density at radius 2 is 1.96 bits per heavy atom. The zero-order valence-corrected chi connectivity index (χ0v) is 19.1. The van der Waals surface area contributed by atoms with Gasteiger partial charge in [-0.2, -0.15) is 0 Å². The van der Waals surface area contributed by atoms with Gasteiger partial charge in [0, 0.05) is 39.9 Å². The van der Waals surface area contributed by atoms with Gasteiger partial charge in [-0.05, 0) is 62.5 Å². The fourth-order valence-electron chi connectivity index (χ4n) is 3.15. The van der Waals surface area contributed by atoms with Crippen molar-refractivity contribution in [2.24, 2.45) is 10.9 Å². The van der Waals surface area contributed by atoms with Crippen LogP contribution in [0.1, 0.15) is 31.7 Å². The maximum absolute atomic E-state index is 4.33. The van der Waals surface area contributed by atoms with Gasteiger partial charge < -0.3 is 20.4 Å². The minimum absolute atomic E-state index is 0. The second kappa shape index (κ2) is 12.4. The molecule has 0 amide bonds. The highest BCUT2D eigenvalue weighted by atomic mass is 127. The van der Waals surface area contributed by atoms with Crippen molar-refractivity contribution < 1.29 is 0 Å². The Balaban J connectivity index is 0.00000338. The number of piperidine rings is 1. The molecule has 2 N–H and O–H groups in total. The van der Waals surface area contributed by atoms with E-state index in [1.54, 1.807) is 0 Å². The predicted octanol–water partition coefficient (Wildman–Crippen LogP) is 3.16. The van der Waals surface area contributed by atoms with Gasteiger partial charge in [0.05, 0.1) is 0 Å². The maximum atomic E-state index is 4.33. The van der Waals surface area contributed by atoms with Gasteiger partial charge in [-0.3, -0.25) is 4.99 Å². The lowest BCUT2D eigenvalue weighted by atomic mass is 9.99. The number of hydrogen-bond acceptors (Lipinski definition) is 3. The number of aliphatic imine (C=N–C) groups is 1. The molecule has 0 atom stereocenters. The van der Waals surface area contributed by atoms with Gasteiger partial charge in [0.15, 0.2) is 5.96 Å². The average Bonchev–Trinajstić information content (AvgIpc) is 2.63. The largest absolute Gasteiger partial charge is 0.378 e. The molecule has 0 radical (unpaired) electrons. The SMILES string of the molecule is CN=C(NCCCN1CCC(C)CC1)NCc1cccc(N(C)C)c1.I. The molecule has 0 bridgehead atoms. The van der Waals surface area contributed by atoms with Gasteiger partial charge >= 0.3 is 0 Å². The van der Waals surface area contributed by atoms with E-state index in [0.29, 0.717) is 0 Å². The highest BCUT2D eigenvalue weighted by Gasteiger charge is 2.14. The van der Waals surface area contributed by atoms with E-state index in [-0.39, 0.29) is 24.0 Å². The lowest BCUT2D eigenvalue weighted by Crippen LogP contribution is -2.39. The molecular formula is C20H36IN5. The van der Waals surface area contributed by atoms with Gasteiger partial charge in [-0.15, -0.1) is 24.0 Å². The Hall–Kier alpha value is -1.02. The fourth-order valence-corrected chi connectivity index (χ4v) is 3.15. The molecule has 1 aliphatic rings. The summed E-state index contributed by atoms with van der Waals surface area (Å²) in [6.45, 7) is 7.81. The van der Waals surface area contributed by atoms with Crippen molar-refractivity contribution in [2.45, 2.75) is 32.7 Å². The summed E-state index contributed by atoms with van der Waals surface area (Å²) in [7, 11) is 5.96. The summed E-state index contributed by atoms with van der Waals surface area (Å²) in [5.41, 5.74) is 2.48. The third-order valence-corrected chi connectivity index (χ3v) is 4.93. The van der Waals surface area contributed by atoms with Crippen molar-refractivity contribution in [1.82, 2.24) is 15.5 Å². The van der Waals surface area contributed by atoms with Gasteiger partial charge in [0.2, 0.25) is 0 Å². The molecule has 0 aromatic heterocycles. The first-order chi connectivity index (χ1) is 12.1. The summed E-state index contributed by atoms with van der Waals surface area (Å²) in [6.07, 6.45) is 3.86. The molecule has 26 heavy (non-hydrogen) atoms. The summed E-state index contributed by atoms with van der Waals surface area (Å²) in [5.74, 6) is 1.78. The molecule has 0 aliphatic carbocycles. The van der Waals surface area contributed by atoms with Crippen LogP contribution in [0.3, 0.4) is 0 Å². The molecule has 0 saturated carbocycles. The number of guanidine groups is 1. The molecule has 1 aromatic rings. The van der Waals surface area contributed by atoms with Crippen LogP contribution in [0.25, 0.3) is 0 Å². The van der Waals surface area contributed by atoms with E-state index in [2.05, 4.69) is 70.7 Å². The smallest absolute Gasteiger partial charge is 0.191 e. The second-order valence-corrected chi connectivity index (χ2v) is 7.29. The predicted molar refractivity (Wildman–Crippen MR) is 124 cm³/mol. The molecule has 0 spiro atoms. The summed E-state index contributed by atoms with van der Waals surface area (Å²) in [5, 5.41) is 6.83. The topological polar surface area (TPSA) is 42.9 Å². The molecule has 1 aliphatic heterocycles. The number of halogens is 1. The van der Waals surface area contributed by atoms with Crippen LogP contribution >= 0.6 is 24.0 Å². The number of rotatable bonds is 7. The minimum Gasteiger partial charge on any atom is -0.378 e. The van der Waals surface area contributed by atoms with E-state index in [0.717, 1.165) is 31.4 Å². The van der Waals surface area contributed by atoms with E-state index in [4.69, 9.17) is 0 Å². The molecule has 5 nitrogen and oxygen atoms in total. The molecular weight excluding hydrogens is 437 g/mol. The third kappa shape index (κ3) is 8.12. The summed E-state index contributed by atoms with van der Waals surface area (Å²) < 4.78 is 0. The monoisotopic (exact) mass is 473 g/mol. The minimum atomic E-state index is 0. The summed E-state index contributed by atoms with van der Waals surface area (Å²) in [4.78, 5) is 9.04. The summed E-state index contributed by atoms with van der Waals surface area (Å²) >= 11 is 0. The van der Waals surface area contributed by atoms with E-state index in [1.807, 2.05) is 7.05 Å². The standard InChI is InChI=1S/C20H35N5.HI/c1-17-9-13-25(14-10-17)12-6-11-22-20(21-2)23-16-18-7-5-8-19(15-18)24(3)4;/h5,7-8,15,17H,6,9-14,16H2,1-4H3,(H2,21,22,23);1H. The number of likely N-dealkylation sites (tertiary alicyclic amines) is 1. The Kier molecular flexibility index (Phi) is 11.0. The Morgan fingerprint density at radius 1 is 1.23 bits per heavy atom. The lowest BCUT2D eigenvalue weighted by molar-refractivity contribution is 0.191. The number of anilines is 1. The van der Waals surface area contributed by atoms with Crippen LogP contribution < -0.4 is 15.5 Å². The zero-order valence-electron chi connectivity index (χ0n) is 16.8. The van der Waals surface area contributed by atoms with Crippen LogP contribution in [0.2, 0.25) is 0 Å². The van der Waals surface area contributed by atoms with Crippen molar-refractivity contribution in [2.75, 3.05) is 52.2 Å². The third-order valence-electron chi connectivity index (χ3n) is 4.93. The highest BCUT2D eigenvalue weighted by molar-refractivity contribution is 14.0. The number of nitrogens with zero attached hydrogens (tertiary/aromatic N) is 3. The van der Waals surface area contributed by atoms with Gasteiger partial charge in [-0.1, -0.05) is 19.1 Å². The normalized spacial score (nSPS) is 16.1. The molecule has 1 saturated heterocycles. The van der Waals surface area contributed by atoms with Crippen molar-refractivity contribution >= 4 is 35.6 Å². The van der Waals surface area contributed by atoms with E-state index < -0.39 is 0 Å². The second-order valence-electron chi connectivity index (χ2n) is 7.29. The first-order valence-electron chi connectivity index (χ1n) is 9.51. The van der Waals surface area contributed by atoms with Crippen LogP contribution in [0, 0.1) is 5.92 Å². The van der Waals surface area contributed by atoms with E-state index in [9.17, 15) is 0 Å². The molecule has 1 aromatic carbocycles. The average molecular weight is 473 g/mol. The van der Waals surface area contributed by atoms with Crippen LogP contribution in [0.4, 0.5) is 5.69 Å². The first-order valence-corrected chi connectivity index (χ1v) is 9.51. The Morgan fingerprint density at radius 3 is 2.62 bits per heavy atom. The summed E-state index contributed by atoms with van der Waals surface area (Å²) in [6, 6.07) is 8.57. The van der Waals surface area contributed by atoms with Crippen LogP contribution in [-0.4, -0.2) is 58.2 Å². The van der Waals surface area contributed by atoms with Crippen molar-refractivity contribution in [3.63, 3.8) is 0 Å². The molecule has 0 unspecified atom stereocenters. The molecule has 148 valence electrons. The fraction of sp³-hybridized carbons (Fsp3) is 0.650. The Labute approximate surface area is 176 Å². The van der Waals surface area contributed by atoms with Crippen molar-refractivity contribution in [3.05, 3.63) is 29.8 Å². The molecule has 1 fully saturated rings. The molecule has 6 heteroatoms. The van der Waals surface area contributed by atoms with Crippen LogP contribution in [0.5, 0.6) is 0 Å². The van der Waals surface area contributed by atoms with E-state index in [1.165, 1.54) is 43.7 Å².